The van der Waals surface area contributed by atoms with Crippen LogP contribution >= 0.6 is 11.8 Å². The smallest absolute Gasteiger partial charge is 0.0684 e. The highest BCUT2D eigenvalue weighted by Crippen LogP contribution is 2.56. The van der Waals surface area contributed by atoms with Gasteiger partial charge in [-0.05, 0) is 38.5 Å². The Hall–Kier alpha value is -0.500. The molecule has 126 valence electrons. The molecule has 1 aliphatic rings. The molecule has 0 saturated heterocycles. The van der Waals surface area contributed by atoms with Crippen molar-refractivity contribution in [2.24, 2.45) is 16.3 Å². The highest BCUT2D eigenvalue weighted by molar-refractivity contribution is 8.14. The third kappa shape index (κ3) is 4.50. The van der Waals surface area contributed by atoms with E-state index in [4.69, 9.17) is 0 Å². The molecule has 22 heavy (non-hydrogen) atoms. The zero-order valence-corrected chi connectivity index (χ0v) is 16.3. The van der Waals surface area contributed by atoms with Crippen molar-refractivity contribution in [2.75, 3.05) is 7.05 Å². The lowest BCUT2D eigenvalue weighted by atomic mass is 9.56. The van der Waals surface area contributed by atoms with Gasteiger partial charge in [-0.3, -0.25) is 4.99 Å². The van der Waals surface area contributed by atoms with Gasteiger partial charge < -0.3 is 0 Å². The third-order valence-electron chi connectivity index (χ3n) is 5.45. The Bertz CT molecular complexity index is 417. The molecular weight excluding hydrogens is 286 g/mol. The minimum absolute atomic E-state index is 0.363. The Morgan fingerprint density at radius 2 is 1.95 bits per heavy atom. The van der Waals surface area contributed by atoms with Gasteiger partial charge in [0.25, 0.3) is 0 Å². The fraction of sp³-hybridized carbons (Fsp3) is 0.750. The molecule has 2 atom stereocenters. The van der Waals surface area contributed by atoms with E-state index in [0.717, 1.165) is 17.6 Å². The standard InChI is InChI=1S/C20H35NS/c1-7-11-12-17-13-14-20(17,16(5)8-2)15-19(21-6)22-18(9-3)10-4/h7,11-12,16,18H,8-10,13-15H2,1-6H3/b11-7-,17-12-,21-19?. The van der Waals surface area contributed by atoms with Crippen molar-refractivity contribution in [1.82, 2.24) is 0 Å². The first-order valence-electron chi connectivity index (χ1n) is 9.02. The summed E-state index contributed by atoms with van der Waals surface area (Å²) in [6.45, 7) is 11.4. The lowest BCUT2D eigenvalue weighted by Crippen LogP contribution is -2.40. The molecule has 0 N–H and O–H groups in total. The van der Waals surface area contributed by atoms with Gasteiger partial charge in [0, 0.05) is 24.1 Å². The van der Waals surface area contributed by atoms with Crippen LogP contribution in [0.1, 0.15) is 73.1 Å². The van der Waals surface area contributed by atoms with Crippen LogP contribution in [-0.4, -0.2) is 17.3 Å². The molecule has 2 unspecified atom stereocenters. The van der Waals surface area contributed by atoms with Gasteiger partial charge in [-0.25, -0.2) is 0 Å². The summed E-state index contributed by atoms with van der Waals surface area (Å²) in [7, 11) is 1.98. The second kappa shape index (κ2) is 9.60. The van der Waals surface area contributed by atoms with E-state index in [9.17, 15) is 0 Å². The molecular formula is C20H35NS. The summed E-state index contributed by atoms with van der Waals surface area (Å²) in [6, 6.07) is 0. The van der Waals surface area contributed by atoms with Crippen LogP contribution < -0.4 is 0 Å². The monoisotopic (exact) mass is 321 g/mol. The first-order chi connectivity index (χ1) is 10.6. The minimum Gasteiger partial charge on any atom is -0.286 e. The van der Waals surface area contributed by atoms with Crippen molar-refractivity contribution in [3.8, 4) is 0 Å². The van der Waals surface area contributed by atoms with Gasteiger partial charge in [0.1, 0.15) is 0 Å². The number of thioether (sulfide) groups is 1. The quantitative estimate of drug-likeness (QED) is 0.360. The first-order valence-corrected chi connectivity index (χ1v) is 9.90. The molecule has 0 heterocycles. The molecule has 0 aliphatic heterocycles. The van der Waals surface area contributed by atoms with Crippen molar-refractivity contribution in [3.63, 3.8) is 0 Å². The predicted molar refractivity (Wildman–Crippen MR) is 104 cm³/mol. The van der Waals surface area contributed by atoms with Crippen molar-refractivity contribution >= 4 is 16.8 Å². The van der Waals surface area contributed by atoms with Crippen LogP contribution in [0.3, 0.4) is 0 Å². The lowest BCUT2D eigenvalue weighted by molar-refractivity contribution is 0.149. The largest absolute Gasteiger partial charge is 0.286 e. The summed E-state index contributed by atoms with van der Waals surface area (Å²) in [5.41, 5.74) is 2.01. The van der Waals surface area contributed by atoms with Crippen LogP contribution in [0.4, 0.5) is 0 Å². The van der Waals surface area contributed by atoms with E-state index in [0.29, 0.717) is 5.41 Å². The van der Waals surface area contributed by atoms with E-state index >= 15 is 0 Å². The van der Waals surface area contributed by atoms with Crippen molar-refractivity contribution < 1.29 is 0 Å². The van der Waals surface area contributed by atoms with Gasteiger partial charge in [0.05, 0.1) is 5.04 Å². The summed E-state index contributed by atoms with van der Waals surface area (Å²) >= 11 is 2.02. The molecule has 0 amide bonds. The predicted octanol–water partition coefficient (Wildman–Crippen LogP) is 6.66. The molecule has 1 aliphatic carbocycles. The Kier molecular flexibility index (Phi) is 8.53. The maximum absolute atomic E-state index is 4.66. The third-order valence-corrected chi connectivity index (χ3v) is 7.05. The number of aliphatic imine (C=N–C) groups is 1. The summed E-state index contributed by atoms with van der Waals surface area (Å²) in [5.74, 6) is 0.733. The maximum Gasteiger partial charge on any atom is 0.0684 e. The average Bonchev–Trinajstić information content (AvgIpc) is 2.54. The fourth-order valence-corrected chi connectivity index (χ4v) is 4.64. The van der Waals surface area contributed by atoms with E-state index in [2.05, 4.69) is 57.8 Å². The Balaban J connectivity index is 2.94. The van der Waals surface area contributed by atoms with Gasteiger partial charge in [0.15, 0.2) is 0 Å². The molecule has 0 radical (unpaired) electrons. The van der Waals surface area contributed by atoms with Gasteiger partial charge in [-0.1, -0.05) is 57.9 Å². The number of hydrogen-bond acceptors (Lipinski definition) is 2. The van der Waals surface area contributed by atoms with E-state index in [1.807, 2.05) is 18.8 Å². The zero-order valence-electron chi connectivity index (χ0n) is 15.5. The highest BCUT2D eigenvalue weighted by Gasteiger charge is 2.45. The molecule has 0 aromatic heterocycles. The Labute approximate surface area is 142 Å². The zero-order chi connectivity index (χ0) is 16.6. The second-order valence-electron chi connectivity index (χ2n) is 6.53. The second-order valence-corrected chi connectivity index (χ2v) is 7.91. The molecule has 1 rings (SSSR count). The van der Waals surface area contributed by atoms with E-state index < -0.39 is 0 Å². The number of hydrogen-bond donors (Lipinski definition) is 0. The SMILES string of the molecule is C/C=C\C=C1\CCC1(CC(=NC)SC(CC)CC)C(C)CC. The molecule has 1 fully saturated rings. The molecule has 0 aromatic rings. The highest BCUT2D eigenvalue weighted by atomic mass is 32.2. The summed E-state index contributed by atoms with van der Waals surface area (Å²) < 4.78 is 0. The maximum atomic E-state index is 4.66. The lowest BCUT2D eigenvalue weighted by Gasteiger charge is -2.49. The van der Waals surface area contributed by atoms with Crippen LogP contribution in [0.25, 0.3) is 0 Å². The van der Waals surface area contributed by atoms with Crippen molar-refractivity contribution in [1.29, 1.82) is 0 Å². The van der Waals surface area contributed by atoms with Crippen LogP contribution in [0.15, 0.2) is 28.8 Å². The van der Waals surface area contributed by atoms with Crippen molar-refractivity contribution in [2.45, 2.75) is 78.4 Å². The van der Waals surface area contributed by atoms with Gasteiger partial charge in [0.2, 0.25) is 0 Å². The summed E-state index contributed by atoms with van der Waals surface area (Å²) in [4.78, 5) is 4.66. The molecule has 0 bridgehead atoms. The minimum atomic E-state index is 0.363. The van der Waals surface area contributed by atoms with Crippen LogP contribution in [-0.2, 0) is 0 Å². The van der Waals surface area contributed by atoms with Gasteiger partial charge in [-0.2, -0.15) is 0 Å². The molecule has 0 aromatic carbocycles. The van der Waals surface area contributed by atoms with Crippen molar-refractivity contribution in [3.05, 3.63) is 23.8 Å². The molecule has 2 heteroatoms. The number of nitrogens with zero attached hydrogens (tertiary/aromatic N) is 1. The normalized spacial score (nSPS) is 26.0. The first kappa shape index (κ1) is 19.5. The fourth-order valence-electron chi connectivity index (χ4n) is 3.47. The molecule has 0 spiro atoms. The van der Waals surface area contributed by atoms with Gasteiger partial charge in [-0.15, -0.1) is 11.8 Å². The number of allylic oxidation sites excluding steroid dienone is 4. The number of rotatable bonds is 8. The molecule has 1 nitrogen and oxygen atoms in total. The summed E-state index contributed by atoms with van der Waals surface area (Å²) in [5, 5.41) is 2.08. The summed E-state index contributed by atoms with van der Waals surface area (Å²) in [6.07, 6.45) is 14.2. The van der Waals surface area contributed by atoms with E-state index in [-0.39, 0.29) is 0 Å². The Morgan fingerprint density at radius 3 is 2.36 bits per heavy atom. The molecule has 1 saturated carbocycles. The van der Waals surface area contributed by atoms with E-state index in [1.165, 1.54) is 37.1 Å². The topological polar surface area (TPSA) is 12.4 Å². The van der Waals surface area contributed by atoms with Crippen LogP contribution in [0.2, 0.25) is 0 Å². The average molecular weight is 322 g/mol. The Morgan fingerprint density at radius 1 is 1.27 bits per heavy atom. The van der Waals surface area contributed by atoms with E-state index in [1.54, 1.807) is 5.57 Å². The van der Waals surface area contributed by atoms with Gasteiger partial charge >= 0.3 is 0 Å². The van der Waals surface area contributed by atoms with Crippen LogP contribution in [0.5, 0.6) is 0 Å². The van der Waals surface area contributed by atoms with Crippen LogP contribution in [0, 0.1) is 11.3 Å².